The van der Waals surface area contributed by atoms with Crippen molar-refractivity contribution in [3.8, 4) is 0 Å². The SMILES string of the molecule is CCC(C)(O)CNC(=O)c1oc2ccc(Cl)cc2c1C. The Bertz CT molecular complexity index is 646. The van der Waals surface area contributed by atoms with Gasteiger partial charge in [0.05, 0.1) is 5.60 Å². The second-order valence-electron chi connectivity index (χ2n) is 5.23. The lowest BCUT2D eigenvalue weighted by molar-refractivity contribution is 0.0511. The molecule has 4 nitrogen and oxygen atoms in total. The number of carbonyl (C=O) groups excluding carboxylic acids is 1. The van der Waals surface area contributed by atoms with E-state index in [1.807, 2.05) is 13.8 Å². The van der Waals surface area contributed by atoms with E-state index < -0.39 is 5.60 Å². The molecule has 0 bridgehead atoms. The zero-order valence-corrected chi connectivity index (χ0v) is 12.5. The molecular weight excluding hydrogens is 278 g/mol. The van der Waals surface area contributed by atoms with Gasteiger partial charge in [0.2, 0.25) is 0 Å². The summed E-state index contributed by atoms with van der Waals surface area (Å²) in [5.74, 6) is -0.0716. The first kappa shape index (κ1) is 14.9. The molecule has 0 aliphatic rings. The maximum absolute atomic E-state index is 12.1. The summed E-state index contributed by atoms with van der Waals surface area (Å²) < 4.78 is 5.56. The predicted molar refractivity (Wildman–Crippen MR) is 79.2 cm³/mol. The van der Waals surface area contributed by atoms with Crippen LogP contribution in [0.5, 0.6) is 0 Å². The molecule has 1 amide bonds. The molecule has 20 heavy (non-hydrogen) atoms. The highest BCUT2D eigenvalue weighted by molar-refractivity contribution is 6.31. The number of aryl methyl sites for hydroxylation is 1. The Morgan fingerprint density at radius 1 is 1.50 bits per heavy atom. The highest BCUT2D eigenvalue weighted by Crippen LogP contribution is 2.27. The molecule has 1 heterocycles. The molecular formula is C15H18ClNO3. The van der Waals surface area contributed by atoms with E-state index in [0.717, 1.165) is 10.9 Å². The Labute approximate surface area is 122 Å². The van der Waals surface area contributed by atoms with Gasteiger partial charge in [-0.15, -0.1) is 0 Å². The van der Waals surface area contributed by atoms with Crippen LogP contribution in [0.4, 0.5) is 0 Å². The zero-order chi connectivity index (χ0) is 14.9. The molecule has 1 unspecified atom stereocenters. The molecule has 0 radical (unpaired) electrons. The summed E-state index contributed by atoms with van der Waals surface area (Å²) in [5, 5.41) is 14.0. The van der Waals surface area contributed by atoms with Gasteiger partial charge >= 0.3 is 0 Å². The van der Waals surface area contributed by atoms with Gasteiger partial charge < -0.3 is 14.8 Å². The third-order valence-corrected chi connectivity index (χ3v) is 3.73. The van der Waals surface area contributed by atoms with Gasteiger partial charge in [0.1, 0.15) is 5.58 Å². The van der Waals surface area contributed by atoms with Crippen molar-refractivity contribution in [2.24, 2.45) is 0 Å². The second-order valence-corrected chi connectivity index (χ2v) is 5.67. The molecule has 5 heteroatoms. The van der Waals surface area contributed by atoms with Gasteiger partial charge in [0.25, 0.3) is 5.91 Å². The maximum Gasteiger partial charge on any atom is 0.287 e. The normalized spacial score (nSPS) is 14.2. The quantitative estimate of drug-likeness (QED) is 0.910. The van der Waals surface area contributed by atoms with E-state index in [1.54, 1.807) is 25.1 Å². The lowest BCUT2D eigenvalue weighted by atomic mass is 10.0. The van der Waals surface area contributed by atoms with Crippen molar-refractivity contribution in [2.75, 3.05) is 6.54 Å². The van der Waals surface area contributed by atoms with E-state index in [1.165, 1.54) is 0 Å². The number of carbonyl (C=O) groups is 1. The van der Waals surface area contributed by atoms with Gasteiger partial charge in [-0.3, -0.25) is 4.79 Å². The molecule has 2 rings (SSSR count). The number of rotatable bonds is 4. The van der Waals surface area contributed by atoms with Crippen molar-refractivity contribution in [1.82, 2.24) is 5.32 Å². The Morgan fingerprint density at radius 3 is 2.85 bits per heavy atom. The molecule has 108 valence electrons. The number of fused-ring (bicyclic) bond motifs is 1. The molecule has 0 fully saturated rings. The fourth-order valence-electron chi connectivity index (χ4n) is 1.89. The van der Waals surface area contributed by atoms with Crippen molar-refractivity contribution in [3.05, 3.63) is 34.5 Å². The number of hydrogen-bond donors (Lipinski definition) is 2. The van der Waals surface area contributed by atoms with Gasteiger partial charge in [-0.25, -0.2) is 0 Å². The van der Waals surface area contributed by atoms with E-state index in [0.29, 0.717) is 17.0 Å². The summed E-state index contributed by atoms with van der Waals surface area (Å²) in [6.07, 6.45) is 0.558. The summed E-state index contributed by atoms with van der Waals surface area (Å²) in [6, 6.07) is 5.23. The fourth-order valence-corrected chi connectivity index (χ4v) is 2.06. The predicted octanol–water partition coefficient (Wildman–Crippen LogP) is 3.29. The summed E-state index contributed by atoms with van der Waals surface area (Å²) in [4.78, 5) is 12.1. The Morgan fingerprint density at radius 2 is 2.20 bits per heavy atom. The topological polar surface area (TPSA) is 62.5 Å². The van der Waals surface area contributed by atoms with Crippen molar-refractivity contribution >= 4 is 28.5 Å². The molecule has 1 aromatic carbocycles. The van der Waals surface area contributed by atoms with Crippen LogP contribution in [0.1, 0.15) is 36.4 Å². The molecule has 1 aromatic heterocycles. The first-order chi connectivity index (χ1) is 9.34. The summed E-state index contributed by atoms with van der Waals surface area (Å²) >= 11 is 5.94. The average molecular weight is 296 g/mol. The van der Waals surface area contributed by atoms with E-state index in [4.69, 9.17) is 16.0 Å². The third-order valence-electron chi connectivity index (χ3n) is 3.50. The first-order valence-corrected chi connectivity index (χ1v) is 6.91. The average Bonchev–Trinajstić information content (AvgIpc) is 2.74. The number of aliphatic hydroxyl groups is 1. The maximum atomic E-state index is 12.1. The number of hydrogen-bond acceptors (Lipinski definition) is 3. The monoisotopic (exact) mass is 295 g/mol. The van der Waals surface area contributed by atoms with Crippen molar-refractivity contribution < 1.29 is 14.3 Å². The fraction of sp³-hybridized carbons (Fsp3) is 0.400. The molecule has 2 aromatic rings. The van der Waals surface area contributed by atoms with Crippen molar-refractivity contribution in [2.45, 2.75) is 32.8 Å². The molecule has 0 saturated carbocycles. The lowest BCUT2D eigenvalue weighted by Crippen LogP contribution is -2.40. The van der Waals surface area contributed by atoms with Crippen LogP contribution in [0.15, 0.2) is 22.6 Å². The van der Waals surface area contributed by atoms with Crippen LogP contribution in [0.25, 0.3) is 11.0 Å². The largest absolute Gasteiger partial charge is 0.451 e. The van der Waals surface area contributed by atoms with Crippen LogP contribution in [-0.4, -0.2) is 23.2 Å². The van der Waals surface area contributed by atoms with Crippen LogP contribution >= 0.6 is 11.6 Å². The van der Waals surface area contributed by atoms with Crippen LogP contribution in [-0.2, 0) is 0 Å². The van der Waals surface area contributed by atoms with Crippen molar-refractivity contribution in [3.63, 3.8) is 0 Å². The standard InChI is InChI=1S/C15H18ClNO3/c1-4-15(3,19)8-17-14(18)13-9(2)11-7-10(16)5-6-12(11)20-13/h5-7,19H,4,8H2,1-3H3,(H,17,18). The van der Waals surface area contributed by atoms with Crippen LogP contribution < -0.4 is 5.32 Å². The van der Waals surface area contributed by atoms with E-state index >= 15 is 0 Å². The Balaban J connectivity index is 2.25. The molecule has 2 N–H and O–H groups in total. The third kappa shape index (κ3) is 2.97. The Hall–Kier alpha value is -1.52. The highest BCUT2D eigenvalue weighted by atomic mass is 35.5. The molecule has 0 aliphatic carbocycles. The molecule has 0 aliphatic heterocycles. The summed E-state index contributed by atoms with van der Waals surface area (Å²) in [6.45, 7) is 5.54. The van der Waals surface area contributed by atoms with Crippen LogP contribution in [0, 0.1) is 6.92 Å². The van der Waals surface area contributed by atoms with E-state index in [9.17, 15) is 9.90 Å². The molecule has 0 saturated heterocycles. The smallest absolute Gasteiger partial charge is 0.287 e. The van der Waals surface area contributed by atoms with Crippen molar-refractivity contribution in [1.29, 1.82) is 0 Å². The van der Waals surface area contributed by atoms with E-state index in [-0.39, 0.29) is 18.2 Å². The minimum atomic E-state index is -0.918. The minimum absolute atomic E-state index is 0.180. The summed E-state index contributed by atoms with van der Waals surface area (Å²) in [5.41, 5.74) is 0.453. The lowest BCUT2D eigenvalue weighted by Gasteiger charge is -2.21. The second kappa shape index (κ2) is 5.46. The van der Waals surface area contributed by atoms with Gasteiger partial charge in [0, 0.05) is 22.5 Å². The van der Waals surface area contributed by atoms with Gasteiger partial charge in [-0.2, -0.15) is 0 Å². The number of halogens is 1. The minimum Gasteiger partial charge on any atom is -0.451 e. The van der Waals surface area contributed by atoms with Crippen LogP contribution in [0.2, 0.25) is 5.02 Å². The number of furan rings is 1. The van der Waals surface area contributed by atoms with Gasteiger partial charge in [0.15, 0.2) is 5.76 Å². The van der Waals surface area contributed by atoms with Gasteiger partial charge in [-0.1, -0.05) is 18.5 Å². The summed E-state index contributed by atoms with van der Waals surface area (Å²) in [7, 11) is 0. The number of nitrogens with one attached hydrogen (secondary N) is 1. The highest BCUT2D eigenvalue weighted by Gasteiger charge is 2.22. The number of benzene rings is 1. The van der Waals surface area contributed by atoms with E-state index in [2.05, 4.69) is 5.32 Å². The number of amides is 1. The van der Waals surface area contributed by atoms with Gasteiger partial charge in [-0.05, 0) is 38.5 Å². The zero-order valence-electron chi connectivity index (χ0n) is 11.8. The van der Waals surface area contributed by atoms with Crippen LogP contribution in [0.3, 0.4) is 0 Å². The molecule has 1 atom stereocenters. The first-order valence-electron chi connectivity index (χ1n) is 6.53. The molecule has 0 spiro atoms. The Kier molecular flexibility index (Phi) is 4.06.